The Bertz CT molecular complexity index is 717. The third-order valence-electron chi connectivity index (χ3n) is 2.94. The van der Waals surface area contributed by atoms with Crippen LogP contribution in [0.15, 0.2) is 53.8 Å². The number of rotatable bonds is 3. The lowest BCUT2D eigenvalue weighted by molar-refractivity contribution is 0.457. The number of pyridine rings is 1. The highest BCUT2D eigenvalue weighted by molar-refractivity contribution is 6.01. The van der Waals surface area contributed by atoms with Gasteiger partial charge in [-0.2, -0.15) is 0 Å². The summed E-state index contributed by atoms with van der Waals surface area (Å²) in [5.41, 5.74) is 2.67. The molecule has 0 unspecified atom stereocenters. The number of fused-ring (bicyclic) bond motifs is 1. The molecule has 1 aromatic carbocycles. The van der Waals surface area contributed by atoms with Crippen LogP contribution in [-0.4, -0.2) is 21.3 Å². The van der Waals surface area contributed by atoms with Crippen LogP contribution in [-0.2, 0) is 6.54 Å². The maximum atomic E-state index is 9.87. The summed E-state index contributed by atoms with van der Waals surface area (Å²) >= 11 is 0. The van der Waals surface area contributed by atoms with Crippen LogP contribution in [0.5, 0.6) is 5.88 Å². The Hall–Kier alpha value is -2.62. The summed E-state index contributed by atoms with van der Waals surface area (Å²) in [5.74, 6) is 0.149. The number of benzene rings is 1. The minimum Gasteiger partial charge on any atom is -0.494 e. The molecule has 0 fully saturated rings. The fourth-order valence-electron chi connectivity index (χ4n) is 2.01. The summed E-state index contributed by atoms with van der Waals surface area (Å²) in [5, 5.41) is 10.8. The minimum absolute atomic E-state index is 0.149. The van der Waals surface area contributed by atoms with Crippen molar-refractivity contribution in [3.63, 3.8) is 0 Å². The zero-order valence-corrected chi connectivity index (χ0v) is 10.2. The van der Waals surface area contributed by atoms with E-state index in [0.29, 0.717) is 6.54 Å². The van der Waals surface area contributed by atoms with Gasteiger partial charge in [-0.15, -0.1) is 0 Å². The van der Waals surface area contributed by atoms with E-state index in [1.165, 1.54) is 0 Å². The quantitative estimate of drug-likeness (QED) is 0.703. The van der Waals surface area contributed by atoms with Gasteiger partial charge in [-0.1, -0.05) is 24.3 Å². The summed E-state index contributed by atoms with van der Waals surface area (Å²) in [6.07, 6.45) is 5.21. The second kappa shape index (κ2) is 4.94. The number of hydrogen-bond donors (Lipinski definition) is 2. The normalized spacial score (nSPS) is 11.4. The smallest absolute Gasteiger partial charge is 0.198 e. The topological polar surface area (TPSA) is 61.3 Å². The molecule has 0 saturated heterocycles. The van der Waals surface area contributed by atoms with Crippen LogP contribution in [0.1, 0.15) is 11.1 Å². The highest BCUT2D eigenvalue weighted by Crippen LogP contribution is 2.25. The molecule has 4 heteroatoms. The van der Waals surface area contributed by atoms with Crippen LogP contribution < -0.4 is 0 Å². The molecule has 19 heavy (non-hydrogen) atoms. The lowest BCUT2D eigenvalue weighted by atomic mass is 10.2. The molecule has 3 aromatic rings. The summed E-state index contributed by atoms with van der Waals surface area (Å²) < 4.78 is 0. The van der Waals surface area contributed by atoms with E-state index in [0.717, 1.165) is 22.0 Å². The molecule has 0 aliphatic carbocycles. The van der Waals surface area contributed by atoms with Gasteiger partial charge in [0.05, 0.1) is 12.1 Å². The van der Waals surface area contributed by atoms with E-state index in [1.807, 2.05) is 36.4 Å². The number of hydrogen-bond acceptors (Lipinski definition) is 3. The van der Waals surface area contributed by atoms with Crippen molar-refractivity contribution in [2.24, 2.45) is 4.99 Å². The van der Waals surface area contributed by atoms with E-state index >= 15 is 0 Å². The molecule has 2 N–H and O–H groups in total. The molecule has 0 spiro atoms. The van der Waals surface area contributed by atoms with E-state index in [1.54, 1.807) is 18.6 Å². The van der Waals surface area contributed by atoms with E-state index in [9.17, 15) is 5.11 Å². The monoisotopic (exact) mass is 251 g/mol. The maximum Gasteiger partial charge on any atom is 0.198 e. The highest BCUT2D eigenvalue weighted by Gasteiger charge is 2.07. The fourth-order valence-corrected chi connectivity index (χ4v) is 2.01. The zero-order chi connectivity index (χ0) is 13.1. The van der Waals surface area contributed by atoms with Crippen molar-refractivity contribution >= 4 is 17.1 Å². The Kier molecular flexibility index (Phi) is 2.98. The Morgan fingerprint density at radius 1 is 1.21 bits per heavy atom. The van der Waals surface area contributed by atoms with Gasteiger partial charge in [0.1, 0.15) is 0 Å². The zero-order valence-electron chi connectivity index (χ0n) is 10.2. The van der Waals surface area contributed by atoms with Crippen LogP contribution in [0.4, 0.5) is 0 Å². The van der Waals surface area contributed by atoms with Crippen LogP contribution in [0.2, 0.25) is 0 Å². The maximum absolute atomic E-state index is 9.87. The van der Waals surface area contributed by atoms with Gasteiger partial charge in [0.25, 0.3) is 0 Å². The molecule has 4 nitrogen and oxygen atoms in total. The number of para-hydroxylation sites is 1. The molecule has 0 radical (unpaired) electrons. The molecular formula is C15H13N3O. The first-order chi connectivity index (χ1) is 9.34. The average molecular weight is 251 g/mol. The van der Waals surface area contributed by atoms with Gasteiger partial charge in [0, 0.05) is 29.5 Å². The largest absolute Gasteiger partial charge is 0.494 e. The predicted octanol–water partition coefficient (Wildman–Crippen LogP) is 2.89. The van der Waals surface area contributed by atoms with Crippen molar-refractivity contribution in [3.8, 4) is 5.88 Å². The van der Waals surface area contributed by atoms with Crippen LogP contribution >= 0.6 is 0 Å². The second-order valence-electron chi connectivity index (χ2n) is 4.26. The van der Waals surface area contributed by atoms with Crippen molar-refractivity contribution in [2.45, 2.75) is 6.54 Å². The summed E-state index contributed by atoms with van der Waals surface area (Å²) in [4.78, 5) is 11.3. The first kappa shape index (κ1) is 11.5. The number of nitrogens with zero attached hydrogens (tertiary/aromatic N) is 2. The van der Waals surface area contributed by atoms with Gasteiger partial charge in [-0.25, -0.2) is 0 Å². The van der Waals surface area contributed by atoms with Crippen molar-refractivity contribution < 1.29 is 5.11 Å². The number of aliphatic imine (C=N–C) groups is 1. The molecule has 0 aliphatic heterocycles. The van der Waals surface area contributed by atoms with Crippen LogP contribution in [0.25, 0.3) is 10.9 Å². The molecule has 3 rings (SSSR count). The number of H-pyrrole nitrogens is 1. The van der Waals surface area contributed by atoms with Crippen molar-refractivity contribution in [1.82, 2.24) is 9.97 Å². The van der Waals surface area contributed by atoms with E-state index in [-0.39, 0.29) is 5.88 Å². The van der Waals surface area contributed by atoms with Gasteiger partial charge < -0.3 is 10.1 Å². The van der Waals surface area contributed by atoms with E-state index < -0.39 is 0 Å². The van der Waals surface area contributed by atoms with Gasteiger partial charge in [-0.05, 0) is 17.7 Å². The Morgan fingerprint density at radius 2 is 2.11 bits per heavy atom. The summed E-state index contributed by atoms with van der Waals surface area (Å²) in [6.45, 7) is 0.548. The molecule has 0 saturated carbocycles. The third kappa shape index (κ3) is 2.33. The molecule has 0 amide bonds. The number of nitrogens with one attached hydrogen (secondary N) is 1. The van der Waals surface area contributed by atoms with E-state index in [2.05, 4.69) is 15.0 Å². The molecule has 0 aliphatic rings. The standard InChI is InChI=1S/C15H13N3O/c19-15-13(12-5-1-2-6-14(12)18-15)10-17-9-11-4-3-7-16-8-11/h1-8,10,18-19H,9H2. The second-order valence-corrected chi connectivity index (χ2v) is 4.26. The molecule has 0 atom stereocenters. The Balaban J connectivity index is 1.87. The van der Waals surface area contributed by atoms with Crippen LogP contribution in [0, 0.1) is 0 Å². The molecule has 2 aromatic heterocycles. The Labute approximate surface area is 110 Å². The number of aromatic hydroxyl groups is 1. The summed E-state index contributed by atoms with van der Waals surface area (Å²) in [7, 11) is 0. The number of aromatic amines is 1. The molecular weight excluding hydrogens is 238 g/mol. The van der Waals surface area contributed by atoms with Gasteiger partial charge in [-0.3, -0.25) is 9.98 Å². The van der Waals surface area contributed by atoms with Crippen molar-refractivity contribution in [3.05, 3.63) is 59.9 Å². The summed E-state index contributed by atoms with van der Waals surface area (Å²) in [6, 6.07) is 11.6. The van der Waals surface area contributed by atoms with Crippen LogP contribution in [0.3, 0.4) is 0 Å². The fraction of sp³-hybridized carbons (Fsp3) is 0.0667. The number of aromatic nitrogens is 2. The van der Waals surface area contributed by atoms with Crippen molar-refractivity contribution in [1.29, 1.82) is 0 Å². The van der Waals surface area contributed by atoms with Gasteiger partial charge >= 0.3 is 0 Å². The first-order valence-corrected chi connectivity index (χ1v) is 6.03. The minimum atomic E-state index is 0.149. The molecule has 2 heterocycles. The lowest BCUT2D eigenvalue weighted by Crippen LogP contribution is -1.85. The van der Waals surface area contributed by atoms with Gasteiger partial charge in [0.2, 0.25) is 0 Å². The van der Waals surface area contributed by atoms with E-state index in [4.69, 9.17) is 0 Å². The first-order valence-electron chi connectivity index (χ1n) is 6.03. The van der Waals surface area contributed by atoms with Gasteiger partial charge in [0.15, 0.2) is 5.88 Å². The molecule has 94 valence electrons. The highest BCUT2D eigenvalue weighted by atomic mass is 16.3. The lowest BCUT2D eigenvalue weighted by Gasteiger charge is -1.95. The average Bonchev–Trinajstić information content (AvgIpc) is 2.76. The molecule has 0 bridgehead atoms. The predicted molar refractivity (Wildman–Crippen MR) is 75.5 cm³/mol. The Morgan fingerprint density at radius 3 is 2.95 bits per heavy atom. The third-order valence-corrected chi connectivity index (χ3v) is 2.94. The SMILES string of the molecule is Oc1[nH]c2ccccc2c1C=NCc1cccnc1. The van der Waals surface area contributed by atoms with Crippen molar-refractivity contribution in [2.75, 3.05) is 0 Å².